The number of fused-ring (bicyclic) bond motifs is 4. The fourth-order valence-electron chi connectivity index (χ4n) is 10.1. The maximum atomic E-state index is 2.56. The second kappa shape index (κ2) is 14.3. The highest BCUT2D eigenvalue weighted by atomic mass is 14.6. The van der Waals surface area contributed by atoms with Gasteiger partial charge in [-0.3, -0.25) is 0 Å². The number of allylic oxidation sites excluding steroid dienone is 1. The van der Waals surface area contributed by atoms with Crippen molar-refractivity contribution < 1.29 is 0 Å². The molecule has 0 fully saturated rings. The zero-order valence-electron chi connectivity index (χ0n) is 31.8. The highest BCUT2D eigenvalue weighted by Gasteiger charge is 2.54. The van der Waals surface area contributed by atoms with Crippen LogP contribution >= 0.6 is 0 Å². The Hall–Kier alpha value is -6.50. The topological polar surface area (TPSA) is 0 Å². The summed E-state index contributed by atoms with van der Waals surface area (Å²) in [5.41, 5.74) is 19.7. The Morgan fingerprint density at radius 3 is 1.34 bits per heavy atom. The number of hydrogen-bond donors (Lipinski definition) is 0. The zero-order valence-corrected chi connectivity index (χ0v) is 31.8. The van der Waals surface area contributed by atoms with E-state index in [0.717, 1.165) is 12.8 Å². The van der Waals surface area contributed by atoms with E-state index < -0.39 is 5.41 Å². The van der Waals surface area contributed by atoms with E-state index in [1.165, 1.54) is 83.5 Å². The molecule has 0 saturated heterocycles. The quantitative estimate of drug-likeness (QED) is 0.140. The summed E-state index contributed by atoms with van der Waals surface area (Å²) in [7, 11) is 0. The maximum absolute atomic E-state index is 2.56. The van der Waals surface area contributed by atoms with E-state index in [-0.39, 0.29) is 11.8 Å². The Kier molecular flexibility index (Phi) is 8.68. The van der Waals surface area contributed by atoms with Crippen LogP contribution in [-0.4, -0.2) is 0 Å². The van der Waals surface area contributed by atoms with E-state index in [2.05, 4.69) is 219 Å². The van der Waals surface area contributed by atoms with Gasteiger partial charge in [-0.25, -0.2) is 0 Å². The second-order valence-electron chi connectivity index (χ2n) is 15.7. The first-order chi connectivity index (χ1) is 27.7. The Balaban J connectivity index is 1.27. The Morgan fingerprint density at radius 2 is 0.839 bits per heavy atom. The van der Waals surface area contributed by atoms with E-state index >= 15 is 0 Å². The SMILES string of the molecule is CC1=Cc2ccc(-c3ccccc3)cc2C1C(c1ccccc1)(c1ccccc1)C1c2cc(Cc3ccccc3)ccc2-c2ccc(Cc3ccccc3)cc21. The molecule has 56 heavy (non-hydrogen) atoms. The van der Waals surface area contributed by atoms with E-state index in [1.807, 2.05) is 0 Å². The highest BCUT2D eigenvalue weighted by molar-refractivity contribution is 5.83. The first-order valence-corrected chi connectivity index (χ1v) is 20.0. The van der Waals surface area contributed by atoms with Gasteiger partial charge in [0.2, 0.25) is 0 Å². The van der Waals surface area contributed by atoms with Crippen LogP contribution in [0.2, 0.25) is 0 Å². The molecule has 0 aliphatic heterocycles. The maximum Gasteiger partial charge on any atom is 0.0418 e. The second-order valence-corrected chi connectivity index (χ2v) is 15.7. The summed E-state index contributed by atoms with van der Waals surface area (Å²) in [4.78, 5) is 0. The van der Waals surface area contributed by atoms with Gasteiger partial charge < -0.3 is 0 Å². The third-order valence-electron chi connectivity index (χ3n) is 12.4. The number of benzene rings is 8. The minimum Gasteiger partial charge on any atom is -0.0639 e. The molecule has 1 unspecified atom stereocenters. The van der Waals surface area contributed by atoms with Gasteiger partial charge >= 0.3 is 0 Å². The van der Waals surface area contributed by atoms with Gasteiger partial charge in [0.15, 0.2) is 0 Å². The molecule has 8 aromatic carbocycles. The van der Waals surface area contributed by atoms with Crippen molar-refractivity contribution >= 4 is 6.08 Å². The standard InChI is InChI=1S/C56H44/c1-39-33-46-30-29-45(44-21-11-4-12-22-44)38-51(46)54(39)56(47-23-13-5-14-24-47,48-25-15-6-16-26-48)55-52-36-42(34-40-17-7-2-8-18-40)27-31-49(52)50-32-28-43(37-53(50)55)35-41-19-9-3-10-20-41/h2-33,36-38,54-55H,34-35H2,1H3. The summed E-state index contributed by atoms with van der Waals surface area (Å²) in [5.74, 6) is 0.105. The first-order valence-electron chi connectivity index (χ1n) is 20.0. The average molecular weight is 717 g/mol. The minimum atomic E-state index is -0.486. The third kappa shape index (κ3) is 5.85. The first kappa shape index (κ1) is 34.0. The molecule has 2 aliphatic rings. The van der Waals surface area contributed by atoms with Gasteiger partial charge in [0.1, 0.15) is 0 Å². The van der Waals surface area contributed by atoms with Crippen LogP contribution in [0.15, 0.2) is 212 Å². The van der Waals surface area contributed by atoms with Crippen molar-refractivity contribution in [1.82, 2.24) is 0 Å². The Bertz CT molecular complexity index is 2540. The molecule has 0 bridgehead atoms. The molecule has 10 rings (SSSR count). The van der Waals surface area contributed by atoms with Crippen molar-refractivity contribution in [3.8, 4) is 22.3 Å². The van der Waals surface area contributed by atoms with Gasteiger partial charge in [0.05, 0.1) is 0 Å². The van der Waals surface area contributed by atoms with Crippen molar-refractivity contribution in [3.63, 3.8) is 0 Å². The van der Waals surface area contributed by atoms with Crippen LogP contribution in [0.5, 0.6) is 0 Å². The summed E-state index contributed by atoms with van der Waals surface area (Å²) in [6.07, 6.45) is 4.25. The zero-order chi connectivity index (χ0) is 37.5. The summed E-state index contributed by atoms with van der Waals surface area (Å²) < 4.78 is 0. The lowest BCUT2D eigenvalue weighted by atomic mass is 9.54. The lowest BCUT2D eigenvalue weighted by molar-refractivity contribution is 0.405. The molecule has 0 spiro atoms. The van der Waals surface area contributed by atoms with Crippen molar-refractivity contribution in [3.05, 3.63) is 267 Å². The molecule has 0 aromatic heterocycles. The van der Waals surface area contributed by atoms with Crippen LogP contribution in [0.1, 0.15) is 74.4 Å². The smallest absolute Gasteiger partial charge is 0.0418 e. The Labute approximate surface area is 331 Å². The van der Waals surface area contributed by atoms with E-state index in [9.17, 15) is 0 Å². The van der Waals surface area contributed by atoms with E-state index in [4.69, 9.17) is 0 Å². The number of hydrogen-bond acceptors (Lipinski definition) is 0. The Morgan fingerprint density at radius 1 is 0.375 bits per heavy atom. The third-order valence-corrected chi connectivity index (χ3v) is 12.4. The van der Waals surface area contributed by atoms with E-state index in [0.29, 0.717) is 0 Å². The van der Waals surface area contributed by atoms with Crippen LogP contribution in [-0.2, 0) is 18.3 Å². The van der Waals surface area contributed by atoms with Gasteiger partial charge in [-0.1, -0.05) is 212 Å². The van der Waals surface area contributed by atoms with Crippen molar-refractivity contribution in [2.45, 2.75) is 37.0 Å². The predicted molar refractivity (Wildman–Crippen MR) is 234 cm³/mol. The van der Waals surface area contributed by atoms with Crippen molar-refractivity contribution in [2.75, 3.05) is 0 Å². The molecule has 0 heterocycles. The van der Waals surface area contributed by atoms with Crippen LogP contribution in [0, 0.1) is 0 Å². The van der Waals surface area contributed by atoms with Crippen LogP contribution in [0.3, 0.4) is 0 Å². The average Bonchev–Trinajstić information content (AvgIpc) is 3.76. The fourth-order valence-corrected chi connectivity index (χ4v) is 10.1. The molecule has 0 heteroatoms. The summed E-state index contributed by atoms with van der Waals surface area (Å²) in [6.45, 7) is 2.38. The van der Waals surface area contributed by atoms with Crippen LogP contribution in [0.4, 0.5) is 0 Å². The van der Waals surface area contributed by atoms with Crippen LogP contribution < -0.4 is 0 Å². The molecule has 0 radical (unpaired) electrons. The molecule has 0 saturated carbocycles. The summed E-state index contributed by atoms with van der Waals surface area (Å²) in [5, 5.41) is 0. The predicted octanol–water partition coefficient (Wildman–Crippen LogP) is 13.8. The van der Waals surface area contributed by atoms with Gasteiger partial charge in [-0.2, -0.15) is 0 Å². The molecule has 1 atom stereocenters. The molecule has 268 valence electrons. The molecule has 0 nitrogen and oxygen atoms in total. The summed E-state index contributed by atoms with van der Waals surface area (Å²) in [6, 6.07) is 77.5. The lowest BCUT2D eigenvalue weighted by Gasteiger charge is -2.47. The highest BCUT2D eigenvalue weighted by Crippen LogP contribution is 2.64. The number of rotatable bonds is 9. The van der Waals surface area contributed by atoms with Crippen molar-refractivity contribution in [1.29, 1.82) is 0 Å². The largest absolute Gasteiger partial charge is 0.0639 e. The van der Waals surface area contributed by atoms with E-state index in [1.54, 1.807) is 0 Å². The molecule has 8 aromatic rings. The summed E-state index contributed by atoms with van der Waals surface area (Å²) >= 11 is 0. The normalized spacial score (nSPS) is 14.5. The minimum absolute atomic E-state index is 0.0310. The van der Waals surface area contributed by atoms with Crippen LogP contribution in [0.25, 0.3) is 28.3 Å². The van der Waals surface area contributed by atoms with Gasteiger partial charge in [-0.15, -0.1) is 0 Å². The molecule has 2 aliphatic carbocycles. The molecule has 0 N–H and O–H groups in total. The van der Waals surface area contributed by atoms with Gasteiger partial charge in [-0.05, 0) is 104 Å². The monoisotopic (exact) mass is 716 g/mol. The van der Waals surface area contributed by atoms with Crippen molar-refractivity contribution in [2.24, 2.45) is 0 Å². The van der Waals surface area contributed by atoms with Gasteiger partial charge in [0.25, 0.3) is 0 Å². The molecule has 0 amide bonds. The lowest BCUT2D eigenvalue weighted by Crippen LogP contribution is -2.41. The molecular formula is C56H44. The van der Waals surface area contributed by atoms with Gasteiger partial charge in [0, 0.05) is 17.3 Å². The molecular weight excluding hydrogens is 673 g/mol. The fraction of sp³-hybridized carbons (Fsp3) is 0.107.